The number of ketones is 1. The van der Waals surface area contributed by atoms with E-state index in [0.717, 1.165) is 12.8 Å². The Labute approximate surface area is 89.5 Å². The van der Waals surface area contributed by atoms with E-state index in [4.69, 9.17) is 0 Å². The molecule has 3 heteroatoms. The van der Waals surface area contributed by atoms with Gasteiger partial charge in [-0.1, -0.05) is 19.1 Å². The van der Waals surface area contributed by atoms with Crippen LogP contribution in [0.4, 0.5) is 0 Å². The molecule has 1 fully saturated rings. The van der Waals surface area contributed by atoms with Gasteiger partial charge in [-0.15, -0.1) is 0 Å². The van der Waals surface area contributed by atoms with E-state index in [0.29, 0.717) is 11.8 Å². The van der Waals surface area contributed by atoms with E-state index in [2.05, 4.69) is 16.9 Å². The third-order valence-electron chi connectivity index (χ3n) is 3.85. The van der Waals surface area contributed by atoms with Crippen molar-refractivity contribution in [2.45, 2.75) is 26.2 Å². The van der Waals surface area contributed by atoms with Crippen LogP contribution in [0, 0.1) is 17.3 Å². The maximum Gasteiger partial charge on any atom is 0.313 e. The number of hydrogen-bond donors (Lipinski definition) is 0. The molecule has 0 heterocycles. The van der Waals surface area contributed by atoms with Gasteiger partial charge in [-0.25, -0.2) is 0 Å². The molecule has 0 spiro atoms. The highest BCUT2D eigenvalue weighted by atomic mass is 16.5. The number of ether oxygens (including phenoxy) is 1. The first-order valence-electron chi connectivity index (χ1n) is 5.34. The number of esters is 1. The summed E-state index contributed by atoms with van der Waals surface area (Å²) in [5.41, 5.74) is -0.326. The normalized spacial score (nSPS) is 36.9. The number of hydrogen-bond acceptors (Lipinski definition) is 3. The fourth-order valence-corrected chi connectivity index (χ4v) is 2.82. The number of fused-ring (bicyclic) bond motifs is 2. The quantitative estimate of drug-likeness (QED) is 0.403. The Bertz CT molecular complexity index is 332. The molecule has 0 amide bonds. The monoisotopic (exact) mass is 208 g/mol. The topological polar surface area (TPSA) is 43.4 Å². The van der Waals surface area contributed by atoms with Crippen LogP contribution in [-0.4, -0.2) is 18.9 Å². The van der Waals surface area contributed by atoms with Crippen molar-refractivity contribution in [3.05, 3.63) is 12.2 Å². The summed E-state index contributed by atoms with van der Waals surface area (Å²) >= 11 is 0. The summed E-state index contributed by atoms with van der Waals surface area (Å²) in [6, 6.07) is 0. The highest BCUT2D eigenvalue weighted by Gasteiger charge is 2.49. The molecular formula is C12H16O3. The predicted molar refractivity (Wildman–Crippen MR) is 55.1 cm³/mol. The van der Waals surface area contributed by atoms with Crippen LogP contribution in [-0.2, 0) is 14.3 Å². The standard InChI is InChI=1S/C12H16O3/c1-12(10(13)6-11(14)15-2)7-8-3-4-9(12)5-8/h3-4,8-9H,5-7H2,1-2H3. The maximum absolute atomic E-state index is 12.0. The summed E-state index contributed by atoms with van der Waals surface area (Å²) in [5, 5.41) is 0. The molecule has 0 aromatic rings. The fraction of sp³-hybridized carbons (Fsp3) is 0.667. The van der Waals surface area contributed by atoms with Crippen LogP contribution in [0.1, 0.15) is 26.2 Å². The van der Waals surface area contributed by atoms with Gasteiger partial charge in [0.25, 0.3) is 0 Å². The van der Waals surface area contributed by atoms with Crippen molar-refractivity contribution >= 4 is 11.8 Å². The summed E-state index contributed by atoms with van der Waals surface area (Å²) in [4.78, 5) is 23.1. The summed E-state index contributed by atoms with van der Waals surface area (Å²) in [5.74, 6) is 0.487. The first-order valence-corrected chi connectivity index (χ1v) is 5.34. The van der Waals surface area contributed by atoms with Crippen molar-refractivity contribution in [3.8, 4) is 0 Å². The average molecular weight is 208 g/mol. The van der Waals surface area contributed by atoms with E-state index in [1.165, 1.54) is 7.11 Å². The minimum Gasteiger partial charge on any atom is -0.469 e. The van der Waals surface area contributed by atoms with Gasteiger partial charge < -0.3 is 4.74 Å². The number of methoxy groups -OCH3 is 1. The Morgan fingerprint density at radius 3 is 2.67 bits per heavy atom. The van der Waals surface area contributed by atoms with E-state index in [-0.39, 0.29) is 17.6 Å². The molecule has 0 N–H and O–H groups in total. The second-order valence-corrected chi connectivity index (χ2v) is 4.78. The van der Waals surface area contributed by atoms with E-state index in [9.17, 15) is 9.59 Å². The highest BCUT2D eigenvalue weighted by Crippen LogP contribution is 2.52. The number of carbonyl (C=O) groups excluding carboxylic acids is 2. The first-order chi connectivity index (χ1) is 7.06. The van der Waals surface area contributed by atoms with Gasteiger partial charge in [0.05, 0.1) is 7.11 Å². The van der Waals surface area contributed by atoms with Crippen molar-refractivity contribution in [2.24, 2.45) is 17.3 Å². The summed E-state index contributed by atoms with van der Waals surface area (Å²) in [7, 11) is 1.32. The van der Waals surface area contributed by atoms with Crippen molar-refractivity contribution < 1.29 is 14.3 Å². The molecule has 2 rings (SSSR count). The van der Waals surface area contributed by atoms with Crippen molar-refractivity contribution in [1.82, 2.24) is 0 Å². The molecule has 0 aromatic heterocycles. The zero-order valence-electron chi connectivity index (χ0n) is 9.16. The molecule has 1 saturated carbocycles. The molecule has 2 aliphatic carbocycles. The molecule has 3 nitrogen and oxygen atoms in total. The van der Waals surface area contributed by atoms with E-state index in [1.54, 1.807) is 0 Å². The lowest BCUT2D eigenvalue weighted by Gasteiger charge is -2.29. The fourth-order valence-electron chi connectivity index (χ4n) is 2.82. The van der Waals surface area contributed by atoms with Gasteiger partial charge >= 0.3 is 5.97 Å². The minimum atomic E-state index is -0.423. The molecule has 2 bridgehead atoms. The molecule has 0 radical (unpaired) electrons. The SMILES string of the molecule is COC(=O)CC(=O)C1(C)CC2C=CC1C2. The zero-order chi connectivity index (χ0) is 11.1. The lowest BCUT2D eigenvalue weighted by Crippen LogP contribution is -2.33. The van der Waals surface area contributed by atoms with Gasteiger partial charge in [-0.2, -0.15) is 0 Å². The predicted octanol–water partition coefficient (Wildman–Crippen LogP) is 1.72. The van der Waals surface area contributed by atoms with Crippen LogP contribution in [0.25, 0.3) is 0 Å². The van der Waals surface area contributed by atoms with Crippen LogP contribution in [0.15, 0.2) is 12.2 Å². The largest absolute Gasteiger partial charge is 0.469 e. The Balaban J connectivity index is 2.07. The first kappa shape index (κ1) is 10.4. The maximum atomic E-state index is 12.0. The Kier molecular flexibility index (Phi) is 2.41. The Hall–Kier alpha value is -1.12. The van der Waals surface area contributed by atoms with Crippen LogP contribution in [0.3, 0.4) is 0 Å². The molecule has 2 aliphatic rings. The summed E-state index contributed by atoms with van der Waals surface area (Å²) in [6.45, 7) is 1.98. The van der Waals surface area contributed by atoms with E-state index >= 15 is 0 Å². The lowest BCUT2D eigenvalue weighted by molar-refractivity contribution is -0.146. The zero-order valence-corrected chi connectivity index (χ0v) is 9.16. The second-order valence-electron chi connectivity index (χ2n) is 4.78. The van der Waals surface area contributed by atoms with E-state index in [1.807, 2.05) is 6.92 Å². The minimum absolute atomic E-state index is 0.0335. The summed E-state index contributed by atoms with van der Waals surface area (Å²) < 4.78 is 4.53. The Morgan fingerprint density at radius 2 is 2.20 bits per heavy atom. The van der Waals surface area contributed by atoms with Crippen molar-refractivity contribution in [3.63, 3.8) is 0 Å². The molecule has 3 atom stereocenters. The number of rotatable bonds is 3. The van der Waals surface area contributed by atoms with Crippen LogP contribution in [0.5, 0.6) is 0 Å². The molecule has 15 heavy (non-hydrogen) atoms. The molecule has 0 aromatic carbocycles. The van der Waals surface area contributed by atoms with Crippen molar-refractivity contribution in [1.29, 1.82) is 0 Å². The van der Waals surface area contributed by atoms with Gasteiger partial charge in [0, 0.05) is 5.41 Å². The van der Waals surface area contributed by atoms with Crippen LogP contribution < -0.4 is 0 Å². The highest BCUT2D eigenvalue weighted by molar-refractivity contribution is 5.99. The molecule has 3 unspecified atom stereocenters. The van der Waals surface area contributed by atoms with Gasteiger partial charge in [0.1, 0.15) is 12.2 Å². The van der Waals surface area contributed by atoms with Gasteiger partial charge in [0.15, 0.2) is 0 Å². The molecule has 82 valence electrons. The van der Waals surface area contributed by atoms with Gasteiger partial charge in [0.2, 0.25) is 0 Å². The number of allylic oxidation sites excluding steroid dienone is 2. The average Bonchev–Trinajstić information content (AvgIpc) is 2.77. The third kappa shape index (κ3) is 1.60. The summed E-state index contributed by atoms with van der Waals surface area (Å²) in [6.07, 6.45) is 6.21. The van der Waals surface area contributed by atoms with Crippen LogP contribution in [0.2, 0.25) is 0 Å². The van der Waals surface area contributed by atoms with Crippen molar-refractivity contribution in [2.75, 3.05) is 7.11 Å². The Morgan fingerprint density at radius 1 is 1.47 bits per heavy atom. The van der Waals surface area contributed by atoms with Gasteiger partial charge in [-0.05, 0) is 24.7 Å². The second kappa shape index (κ2) is 3.47. The third-order valence-corrected chi connectivity index (χ3v) is 3.85. The van der Waals surface area contributed by atoms with E-state index < -0.39 is 5.97 Å². The van der Waals surface area contributed by atoms with Gasteiger partial charge in [-0.3, -0.25) is 9.59 Å². The number of Topliss-reactive ketones (excluding diaryl/α,β-unsaturated/α-hetero) is 1. The molecule has 0 saturated heterocycles. The van der Waals surface area contributed by atoms with Crippen LogP contribution >= 0.6 is 0 Å². The molecule has 0 aliphatic heterocycles. The number of carbonyl (C=O) groups is 2. The molecular weight excluding hydrogens is 192 g/mol. The lowest BCUT2D eigenvalue weighted by atomic mass is 9.73. The smallest absolute Gasteiger partial charge is 0.313 e.